The summed E-state index contributed by atoms with van der Waals surface area (Å²) in [6.45, 7) is 1.04. The molecule has 4 aromatic carbocycles. The SMILES string of the molecule is C[C@]1(OC(=O)c2ccccc2)C(OC(=O)c2ccccc2)[C@@H](COC(=O)c2ccccc2)O[C@@H]1OC(=O)c1ccccc1. The Hall–Kier alpha value is -5.28. The molecule has 43 heavy (non-hydrogen) atoms. The predicted molar refractivity (Wildman–Crippen MR) is 153 cm³/mol. The highest BCUT2D eigenvalue weighted by atomic mass is 16.8. The summed E-state index contributed by atoms with van der Waals surface area (Å²) in [6, 6.07) is 32.8. The van der Waals surface area contributed by atoms with Crippen LogP contribution < -0.4 is 0 Å². The Balaban J connectivity index is 1.48. The van der Waals surface area contributed by atoms with Crippen LogP contribution in [0.15, 0.2) is 121 Å². The smallest absolute Gasteiger partial charge is 0.340 e. The van der Waals surface area contributed by atoms with Crippen LogP contribution in [0.5, 0.6) is 0 Å². The number of carbonyl (C=O) groups excluding carboxylic acids is 4. The van der Waals surface area contributed by atoms with Gasteiger partial charge in [-0.3, -0.25) is 0 Å². The summed E-state index contributed by atoms with van der Waals surface area (Å²) in [4.78, 5) is 52.5. The number of esters is 4. The minimum Gasteiger partial charge on any atom is -0.459 e. The minimum atomic E-state index is -1.86. The Kier molecular flexibility index (Phi) is 8.93. The highest BCUT2D eigenvalue weighted by Crippen LogP contribution is 2.39. The zero-order chi connectivity index (χ0) is 30.2. The Morgan fingerprint density at radius 1 is 0.581 bits per heavy atom. The van der Waals surface area contributed by atoms with Gasteiger partial charge in [-0.2, -0.15) is 0 Å². The summed E-state index contributed by atoms with van der Waals surface area (Å²) in [7, 11) is 0. The molecule has 0 N–H and O–H groups in total. The van der Waals surface area contributed by atoms with Gasteiger partial charge in [0.25, 0.3) is 0 Å². The van der Waals surface area contributed by atoms with Gasteiger partial charge in [-0.1, -0.05) is 72.8 Å². The van der Waals surface area contributed by atoms with E-state index in [1.54, 1.807) is 121 Å². The van der Waals surface area contributed by atoms with Gasteiger partial charge in [-0.05, 0) is 55.5 Å². The first-order valence-electron chi connectivity index (χ1n) is 13.5. The lowest BCUT2D eigenvalue weighted by atomic mass is 9.96. The zero-order valence-corrected chi connectivity index (χ0v) is 23.2. The molecule has 0 saturated carbocycles. The van der Waals surface area contributed by atoms with Crippen LogP contribution in [-0.4, -0.2) is 54.6 Å². The van der Waals surface area contributed by atoms with Gasteiger partial charge in [-0.25, -0.2) is 19.2 Å². The van der Waals surface area contributed by atoms with Gasteiger partial charge in [0.15, 0.2) is 6.10 Å². The van der Waals surface area contributed by atoms with Crippen molar-refractivity contribution in [2.75, 3.05) is 6.61 Å². The second-order valence-corrected chi connectivity index (χ2v) is 9.87. The van der Waals surface area contributed by atoms with E-state index in [0.29, 0.717) is 5.56 Å². The highest BCUT2D eigenvalue weighted by Gasteiger charge is 2.61. The van der Waals surface area contributed by atoms with Crippen LogP contribution in [0.3, 0.4) is 0 Å². The molecule has 0 aromatic heterocycles. The first-order chi connectivity index (χ1) is 20.8. The number of carbonyl (C=O) groups is 4. The normalized spacial score (nSPS) is 20.9. The maximum absolute atomic E-state index is 13.3. The number of hydrogen-bond acceptors (Lipinski definition) is 9. The second kappa shape index (κ2) is 13.1. The number of hydrogen-bond donors (Lipinski definition) is 0. The van der Waals surface area contributed by atoms with Crippen LogP contribution in [0, 0.1) is 0 Å². The van der Waals surface area contributed by atoms with E-state index < -0.39 is 54.6 Å². The molecule has 0 aliphatic carbocycles. The number of rotatable bonds is 9. The fraction of sp³-hybridized carbons (Fsp3) is 0.176. The molecule has 5 rings (SSSR count). The first-order valence-corrected chi connectivity index (χ1v) is 13.5. The molecule has 4 aromatic rings. The average Bonchev–Trinajstić information content (AvgIpc) is 3.30. The van der Waals surface area contributed by atoms with Crippen molar-refractivity contribution in [1.29, 1.82) is 0 Å². The molecule has 4 atom stereocenters. The van der Waals surface area contributed by atoms with Gasteiger partial charge in [0.2, 0.25) is 11.9 Å². The molecule has 9 nitrogen and oxygen atoms in total. The molecule has 1 aliphatic rings. The van der Waals surface area contributed by atoms with Crippen LogP contribution in [0.25, 0.3) is 0 Å². The summed E-state index contributed by atoms with van der Waals surface area (Å²) >= 11 is 0. The maximum Gasteiger partial charge on any atom is 0.340 e. The van der Waals surface area contributed by atoms with Gasteiger partial charge in [0.05, 0.1) is 22.3 Å². The topological polar surface area (TPSA) is 114 Å². The Labute approximate surface area is 247 Å². The van der Waals surface area contributed by atoms with Gasteiger partial charge < -0.3 is 23.7 Å². The summed E-state index contributed by atoms with van der Waals surface area (Å²) < 4.78 is 29.1. The molecule has 0 spiro atoms. The van der Waals surface area contributed by atoms with E-state index >= 15 is 0 Å². The fourth-order valence-electron chi connectivity index (χ4n) is 4.58. The third-order valence-corrected chi connectivity index (χ3v) is 6.85. The third-order valence-electron chi connectivity index (χ3n) is 6.85. The van der Waals surface area contributed by atoms with E-state index in [1.165, 1.54) is 6.92 Å². The number of ether oxygens (including phenoxy) is 5. The van der Waals surface area contributed by atoms with E-state index in [0.717, 1.165) is 0 Å². The lowest BCUT2D eigenvalue weighted by molar-refractivity contribution is -0.175. The molecular weight excluding hydrogens is 552 g/mol. The van der Waals surface area contributed by atoms with Crippen LogP contribution in [0.2, 0.25) is 0 Å². The molecule has 0 radical (unpaired) electrons. The van der Waals surface area contributed by atoms with Crippen LogP contribution in [0.1, 0.15) is 48.4 Å². The molecule has 1 heterocycles. The largest absolute Gasteiger partial charge is 0.459 e. The van der Waals surface area contributed by atoms with E-state index in [-0.39, 0.29) is 16.7 Å². The predicted octanol–water partition coefficient (Wildman–Crippen LogP) is 5.27. The molecular formula is C34H28O9. The van der Waals surface area contributed by atoms with E-state index in [4.69, 9.17) is 23.7 Å². The minimum absolute atomic E-state index is 0.212. The molecule has 0 bridgehead atoms. The van der Waals surface area contributed by atoms with E-state index in [9.17, 15) is 19.2 Å². The van der Waals surface area contributed by atoms with Gasteiger partial charge in [0.1, 0.15) is 12.7 Å². The summed E-state index contributed by atoms with van der Waals surface area (Å²) in [5.41, 5.74) is -0.901. The second-order valence-electron chi connectivity index (χ2n) is 9.87. The first kappa shape index (κ1) is 29.2. The Morgan fingerprint density at radius 2 is 0.977 bits per heavy atom. The van der Waals surface area contributed by atoms with Gasteiger partial charge in [0, 0.05) is 0 Å². The van der Waals surface area contributed by atoms with E-state index in [1.807, 2.05) is 0 Å². The van der Waals surface area contributed by atoms with Crippen molar-refractivity contribution in [1.82, 2.24) is 0 Å². The monoisotopic (exact) mass is 580 g/mol. The third kappa shape index (κ3) is 6.79. The molecule has 1 aliphatic heterocycles. The van der Waals surface area contributed by atoms with Crippen molar-refractivity contribution < 1.29 is 42.9 Å². The zero-order valence-electron chi connectivity index (χ0n) is 23.2. The average molecular weight is 581 g/mol. The number of benzene rings is 4. The van der Waals surface area contributed by atoms with Crippen molar-refractivity contribution in [2.24, 2.45) is 0 Å². The van der Waals surface area contributed by atoms with Crippen molar-refractivity contribution >= 4 is 23.9 Å². The van der Waals surface area contributed by atoms with Crippen LogP contribution >= 0.6 is 0 Å². The summed E-state index contributed by atoms with van der Waals surface area (Å²) in [6.07, 6.45) is -4.07. The summed E-state index contributed by atoms with van der Waals surface area (Å²) in [5.74, 6) is -2.92. The fourth-order valence-corrected chi connectivity index (χ4v) is 4.58. The molecule has 1 unspecified atom stereocenters. The maximum atomic E-state index is 13.3. The molecule has 218 valence electrons. The van der Waals surface area contributed by atoms with E-state index in [2.05, 4.69) is 0 Å². The molecule has 0 amide bonds. The van der Waals surface area contributed by atoms with Crippen molar-refractivity contribution in [3.8, 4) is 0 Å². The molecule has 1 saturated heterocycles. The van der Waals surface area contributed by atoms with Gasteiger partial charge in [-0.15, -0.1) is 0 Å². The van der Waals surface area contributed by atoms with Crippen molar-refractivity contribution in [2.45, 2.75) is 31.0 Å². The van der Waals surface area contributed by atoms with Gasteiger partial charge >= 0.3 is 23.9 Å². The van der Waals surface area contributed by atoms with Crippen molar-refractivity contribution in [3.05, 3.63) is 144 Å². The molecule has 1 fully saturated rings. The summed E-state index contributed by atoms with van der Waals surface area (Å²) in [5, 5.41) is 0. The Bertz CT molecular complexity index is 1560. The van der Waals surface area contributed by atoms with Crippen LogP contribution in [-0.2, 0) is 23.7 Å². The highest BCUT2D eigenvalue weighted by molar-refractivity contribution is 5.91. The lowest BCUT2D eigenvalue weighted by Crippen LogP contribution is -2.53. The quantitative estimate of drug-likeness (QED) is 0.193. The lowest BCUT2D eigenvalue weighted by Gasteiger charge is -2.33. The molecule has 9 heteroatoms. The van der Waals surface area contributed by atoms with Crippen LogP contribution in [0.4, 0.5) is 0 Å². The van der Waals surface area contributed by atoms with Crippen molar-refractivity contribution in [3.63, 3.8) is 0 Å². The Morgan fingerprint density at radius 3 is 1.44 bits per heavy atom. The standard InChI is InChI=1S/C34H28O9/c1-34(43-32(38)26-20-12-5-13-21-26)28(41-30(36)24-16-8-3-9-17-24)27(22-39-29(35)23-14-6-2-7-15-23)40-33(34)42-31(37)25-18-10-4-11-19-25/h2-21,27-28,33H,22H2,1H3/t27-,28?,33-,34+/m1/s1.